The maximum Gasteiger partial charge on any atom is 0.247 e. The van der Waals surface area contributed by atoms with Crippen LogP contribution < -0.4 is 11.1 Å². The summed E-state index contributed by atoms with van der Waals surface area (Å²) < 4.78 is 5.20. The molecule has 1 amide bonds. The van der Waals surface area contributed by atoms with Crippen LogP contribution in [0.25, 0.3) is 10.9 Å². The minimum atomic E-state index is -0.934. The van der Waals surface area contributed by atoms with Crippen molar-refractivity contribution in [3.05, 3.63) is 36.5 Å². The van der Waals surface area contributed by atoms with Crippen LogP contribution in [0.3, 0.4) is 0 Å². The van der Waals surface area contributed by atoms with Crippen LogP contribution >= 0.6 is 0 Å². The maximum atomic E-state index is 12.2. The lowest BCUT2D eigenvalue weighted by Gasteiger charge is -2.20. The van der Waals surface area contributed by atoms with Crippen molar-refractivity contribution in [1.29, 1.82) is 0 Å². The highest BCUT2D eigenvalue weighted by Gasteiger charge is 2.38. The number of benzene rings is 1. The average molecular weight is 257 g/mol. The molecule has 98 valence electrons. The van der Waals surface area contributed by atoms with E-state index >= 15 is 0 Å². The van der Waals surface area contributed by atoms with Crippen LogP contribution in [0.2, 0.25) is 0 Å². The van der Waals surface area contributed by atoms with Crippen LogP contribution in [-0.4, -0.2) is 29.6 Å². The van der Waals surface area contributed by atoms with Crippen molar-refractivity contribution in [2.45, 2.75) is 12.0 Å². The first-order valence-electron chi connectivity index (χ1n) is 6.21. The van der Waals surface area contributed by atoms with Gasteiger partial charge in [0.15, 0.2) is 0 Å². The molecule has 1 aliphatic heterocycles. The van der Waals surface area contributed by atoms with Crippen LogP contribution in [0, 0.1) is 0 Å². The summed E-state index contributed by atoms with van der Waals surface area (Å²) in [6, 6.07) is 9.48. The third kappa shape index (κ3) is 2.18. The van der Waals surface area contributed by atoms with Crippen molar-refractivity contribution in [3.63, 3.8) is 0 Å². The lowest BCUT2D eigenvalue weighted by atomic mass is 9.99. The Balaban J connectivity index is 1.91. The Labute approximate surface area is 110 Å². The van der Waals surface area contributed by atoms with Gasteiger partial charge in [-0.1, -0.05) is 18.2 Å². The number of rotatable bonds is 2. The first-order valence-corrected chi connectivity index (χ1v) is 6.21. The number of fused-ring (bicyclic) bond motifs is 1. The Morgan fingerprint density at radius 1 is 1.37 bits per heavy atom. The zero-order chi connectivity index (χ0) is 13.3. The van der Waals surface area contributed by atoms with Gasteiger partial charge in [-0.3, -0.25) is 9.78 Å². The first kappa shape index (κ1) is 12.1. The molecule has 2 aromatic rings. The molecular formula is C14H15N3O2. The van der Waals surface area contributed by atoms with E-state index in [4.69, 9.17) is 10.5 Å². The summed E-state index contributed by atoms with van der Waals surface area (Å²) in [5.41, 5.74) is 6.55. The van der Waals surface area contributed by atoms with E-state index in [1.165, 1.54) is 0 Å². The third-order valence-corrected chi connectivity index (χ3v) is 3.39. The number of aromatic nitrogens is 1. The maximum absolute atomic E-state index is 12.2. The van der Waals surface area contributed by atoms with Gasteiger partial charge in [-0.05, 0) is 18.6 Å². The number of anilines is 1. The second kappa shape index (κ2) is 4.60. The van der Waals surface area contributed by atoms with Crippen LogP contribution in [0.1, 0.15) is 6.42 Å². The molecular weight excluding hydrogens is 242 g/mol. The molecule has 2 heterocycles. The van der Waals surface area contributed by atoms with E-state index in [1.807, 2.05) is 30.3 Å². The number of hydrogen-bond acceptors (Lipinski definition) is 4. The zero-order valence-electron chi connectivity index (χ0n) is 10.4. The van der Waals surface area contributed by atoms with Crippen molar-refractivity contribution >= 4 is 22.5 Å². The normalized spacial score (nSPS) is 22.6. The number of nitrogens with two attached hydrogens (primary N) is 1. The fourth-order valence-corrected chi connectivity index (χ4v) is 2.21. The number of nitrogens with zero attached hydrogens (tertiary/aromatic N) is 1. The lowest BCUT2D eigenvalue weighted by molar-refractivity contribution is -0.121. The second-order valence-corrected chi connectivity index (χ2v) is 4.79. The summed E-state index contributed by atoms with van der Waals surface area (Å²) in [4.78, 5) is 16.5. The SMILES string of the molecule is NC1(C(=O)Nc2cccc3cccnc23)CCOC1. The summed E-state index contributed by atoms with van der Waals surface area (Å²) in [5, 5.41) is 3.84. The molecule has 0 bridgehead atoms. The summed E-state index contributed by atoms with van der Waals surface area (Å²) in [7, 11) is 0. The van der Waals surface area contributed by atoms with E-state index < -0.39 is 5.54 Å². The molecule has 1 aromatic carbocycles. The molecule has 0 radical (unpaired) electrons. The zero-order valence-corrected chi connectivity index (χ0v) is 10.4. The Hall–Kier alpha value is -1.98. The van der Waals surface area contributed by atoms with Gasteiger partial charge in [-0.2, -0.15) is 0 Å². The van der Waals surface area contributed by atoms with E-state index in [2.05, 4.69) is 10.3 Å². The number of amides is 1. The van der Waals surface area contributed by atoms with Crippen molar-refractivity contribution in [1.82, 2.24) is 4.98 Å². The fourth-order valence-electron chi connectivity index (χ4n) is 2.21. The summed E-state index contributed by atoms with van der Waals surface area (Å²) in [6.07, 6.45) is 2.24. The first-order chi connectivity index (χ1) is 9.19. The predicted molar refractivity (Wildman–Crippen MR) is 72.7 cm³/mol. The molecule has 1 aliphatic rings. The van der Waals surface area contributed by atoms with Crippen LogP contribution in [0.15, 0.2) is 36.5 Å². The molecule has 1 saturated heterocycles. The van der Waals surface area contributed by atoms with Gasteiger partial charge in [0.2, 0.25) is 5.91 Å². The third-order valence-electron chi connectivity index (χ3n) is 3.39. The quantitative estimate of drug-likeness (QED) is 0.850. The minimum Gasteiger partial charge on any atom is -0.379 e. The summed E-state index contributed by atoms with van der Waals surface area (Å²) in [6.45, 7) is 0.786. The van der Waals surface area contributed by atoms with E-state index in [-0.39, 0.29) is 12.5 Å². The van der Waals surface area contributed by atoms with Crippen LogP contribution in [-0.2, 0) is 9.53 Å². The van der Waals surface area contributed by atoms with E-state index in [9.17, 15) is 4.79 Å². The molecule has 0 saturated carbocycles. The molecule has 1 fully saturated rings. The topological polar surface area (TPSA) is 77.2 Å². The van der Waals surface area contributed by atoms with Gasteiger partial charge in [0.05, 0.1) is 17.8 Å². The van der Waals surface area contributed by atoms with Gasteiger partial charge < -0.3 is 15.8 Å². The van der Waals surface area contributed by atoms with Gasteiger partial charge in [-0.15, -0.1) is 0 Å². The van der Waals surface area contributed by atoms with Crippen molar-refractivity contribution in [2.24, 2.45) is 5.73 Å². The van der Waals surface area contributed by atoms with Gasteiger partial charge in [-0.25, -0.2) is 0 Å². The Kier molecular flexibility index (Phi) is 2.93. The van der Waals surface area contributed by atoms with Gasteiger partial charge in [0, 0.05) is 18.2 Å². The molecule has 1 atom stereocenters. The number of carbonyl (C=O) groups excluding carboxylic acids is 1. The highest BCUT2D eigenvalue weighted by molar-refractivity contribution is 6.04. The molecule has 5 nitrogen and oxygen atoms in total. The lowest BCUT2D eigenvalue weighted by Crippen LogP contribution is -2.51. The van der Waals surface area contributed by atoms with Crippen molar-refractivity contribution in [3.8, 4) is 0 Å². The molecule has 19 heavy (non-hydrogen) atoms. The molecule has 5 heteroatoms. The number of nitrogens with one attached hydrogen (secondary N) is 1. The van der Waals surface area contributed by atoms with Gasteiger partial charge >= 0.3 is 0 Å². The number of ether oxygens (including phenoxy) is 1. The number of pyridine rings is 1. The number of para-hydroxylation sites is 1. The van der Waals surface area contributed by atoms with Crippen LogP contribution in [0.4, 0.5) is 5.69 Å². The molecule has 0 aliphatic carbocycles. The van der Waals surface area contributed by atoms with Crippen LogP contribution in [0.5, 0.6) is 0 Å². The largest absolute Gasteiger partial charge is 0.379 e. The van der Waals surface area contributed by atoms with E-state index in [1.54, 1.807) is 6.20 Å². The van der Waals surface area contributed by atoms with E-state index in [0.29, 0.717) is 18.7 Å². The van der Waals surface area contributed by atoms with Gasteiger partial charge in [0.1, 0.15) is 5.54 Å². The molecule has 3 rings (SSSR count). The molecule has 1 unspecified atom stereocenters. The van der Waals surface area contributed by atoms with Crippen molar-refractivity contribution in [2.75, 3.05) is 18.5 Å². The number of carbonyl (C=O) groups is 1. The molecule has 3 N–H and O–H groups in total. The molecule has 1 aromatic heterocycles. The fraction of sp³-hybridized carbons (Fsp3) is 0.286. The summed E-state index contributed by atoms with van der Waals surface area (Å²) >= 11 is 0. The standard InChI is InChI=1S/C14H15N3O2/c15-14(6-8-19-9-14)13(18)17-11-5-1-3-10-4-2-7-16-12(10)11/h1-5,7H,6,8-9,15H2,(H,17,18). The highest BCUT2D eigenvalue weighted by atomic mass is 16.5. The predicted octanol–water partition coefficient (Wildman–Crippen LogP) is 1.29. The number of hydrogen-bond donors (Lipinski definition) is 2. The Morgan fingerprint density at radius 2 is 2.21 bits per heavy atom. The highest BCUT2D eigenvalue weighted by Crippen LogP contribution is 2.23. The smallest absolute Gasteiger partial charge is 0.247 e. The second-order valence-electron chi connectivity index (χ2n) is 4.79. The van der Waals surface area contributed by atoms with Crippen molar-refractivity contribution < 1.29 is 9.53 Å². The molecule has 0 spiro atoms. The van der Waals surface area contributed by atoms with E-state index in [0.717, 1.165) is 10.9 Å². The van der Waals surface area contributed by atoms with Gasteiger partial charge in [0.25, 0.3) is 0 Å². The average Bonchev–Trinajstić information content (AvgIpc) is 2.87. The Morgan fingerprint density at radius 3 is 3.00 bits per heavy atom. The monoisotopic (exact) mass is 257 g/mol. The minimum absolute atomic E-state index is 0.219. The summed E-state index contributed by atoms with van der Waals surface area (Å²) in [5.74, 6) is -0.219. The Bertz CT molecular complexity index is 616.